The van der Waals surface area contributed by atoms with E-state index in [1.807, 2.05) is 25.2 Å². The maximum atomic E-state index is 10.8. The van der Waals surface area contributed by atoms with Crippen molar-refractivity contribution in [2.24, 2.45) is 11.1 Å². The number of allylic oxidation sites excluding steroid dienone is 9. The van der Waals surface area contributed by atoms with Gasteiger partial charge in [-0.05, 0) is 50.7 Å². The van der Waals surface area contributed by atoms with E-state index >= 15 is 0 Å². The van der Waals surface area contributed by atoms with Crippen molar-refractivity contribution in [3.8, 4) is 0 Å². The molecular weight excluding hydrogens is 270 g/mol. The highest BCUT2D eigenvalue weighted by Crippen LogP contribution is 2.33. The fraction of sp³-hybridized carbons (Fsp3) is 0.450. The van der Waals surface area contributed by atoms with Gasteiger partial charge in [0.2, 0.25) is 5.91 Å². The number of carbonyl (C=O) groups is 1. The van der Waals surface area contributed by atoms with Crippen LogP contribution in [0.2, 0.25) is 0 Å². The minimum Gasteiger partial charge on any atom is -0.366 e. The molecule has 0 aromatic rings. The van der Waals surface area contributed by atoms with E-state index in [0.717, 1.165) is 17.6 Å². The molecule has 0 aliphatic carbocycles. The summed E-state index contributed by atoms with van der Waals surface area (Å²) in [5.74, 6) is -0.419. The predicted molar refractivity (Wildman–Crippen MR) is 97.4 cm³/mol. The van der Waals surface area contributed by atoms with E-state index in [0.29, 0.717) is 0 Å². The van der Waals surface area contributed by atoms with E-state index < -0.39 is 5.91 Å². The number of rotatable bonds is 7. The fourth-order valence-electron chi connectivity index (χ4n) is 2.15. The molecule has 122 valence electrons. The van der Waals surface area contributed by atoms with Crippen molar-refractivity contribution < 1.29 is 4.79 Å². The third kappa shape index (κ3) is 7.82. The highest BCUT2D eigenvalue weighted by atomic mass is 16.1. The Hall–Kier alpha value is -1.83. The van der Waals surface area contributed by atoms with Crippen molar-refractivity contribution in [2.45, 2.75) is 54.9 Å². The van der Waals surface area contributed by atoms with Crippen molar-refractivity contribution in [3.63, 3.8) is 0 Å². The first kappa shape index (κ1) is 20.2. The summed E-state index contributed by atoms with van der Waals surface area (Å²) in [7, 11) is 0. The lowest BCUT2D eigenvalue weighted by Crippen LogP contribution is -2.13. The summed E-state index contributed by atoms with van der Waals surface area (Å²) in [5, 5.41) is 0. The topological polar surface area (TPSA) is 43.1 Å². The quantitative estimate of drug-likeness (QED) is 0.506. The van der Waals surface area contributed by atoms with Crippen molar-refractivity contribution in [3.05, 3.63) is 58.7 Å². The second kappa shape index (κ2) is 9.24. The van der Waals surface area contributed by atoms with Crippen LogP contribution >= 0.6 is 0 Å². The summed E-state index contributed by atoms with van der Waals surface area (Å²) in [6.45, 7) is 15.0. The lowest BCUT2D eigenvalue weighted by Gasteiger charge is -2.26. The van der Waals surface area contributed by atoms with Crippen LogP contribution in [0.5, 0.6) is 0 Å². The third-order valence-electron chi connectivity index (χ3n) is 3.75. The van der Waals surface area contributed by atoms with Crippen LogP contribution in [0.15, 0.2) is 58.7 Å². The summed E-state index contributed by atoms with van der Waals surface area (Å²) >= 11 is 0. The van der Waals surface area contributed by atoms with Gasteiger partial charge in [0.1, 0.15) is 0 Å². The molecule has 0 radical (unpaired) electrons. The monoisotopic (exact) mass is 301 g/mol. The molecule has 0 aromatic heterocycles. The van der Waals surface area contributed by atoms with Crippen molar-refractivity contribution >= 4 is 5.91 Å². The molecular formula is C20H31NO. The van der Waals surface area contributed by atoms with Crippen LogP contribution in [0.4, 0.5) is 0 Å². The number of primary amides is 1. The van der Waals surface area contributed by atoms with E-state index in [1.165, 1.54) is 17.2 Å². The van der Waals surface area contributed by atoms with Gasteiger partial charge in [-0.3, -0.25) is 4.79 Å². The van der Waals surface area contributed by atoms with Gasteiger partial charge in [-0.25, -0.2) is 0 Å². The van der Waals surface area contributed by atoms with Gasteiger partial charge in [-0.15, -0.1) is 0 Å². The SMILES string of the molecule is CCC(C)(C)C(C=CC(C)=CC=CC(C)=CC(N)=O)=C(C)C. The standard InChI is InChI=1S/C20H31NO/c1-8-20(6,7)18(15(2)3)13-12-16(4)10-9-11-17(5)14-19(21)22/h9-14H,8H2,1-7H3,(H2,21,22). The Bertz CT molecular complexity index is 536. The third-order valence-corrected chi connectivity index (χ3v) is 3.75. The average molecular weight is 301 g/mol. The molecule has 22 heavy (non-hydrogen) atoms. The summed E-state index contributed by atoms with van der Waals surface area (Å²) in [5.41, 5.74) is 10.0. The second-order valence-corrected chi connectivity index (χ2v) is 6.54. The minimum absolute atomic E-state index is 0.187. The molecule has 0 saturated carbocycles. The van der Waals surface area contributed by atoms with Gasteiger partial charge in [0.15, 0.2) is 0 Å². The van der Waals surface area contributed by atoms with Crippen LogP contribution in [-0.2, 0) is 4.79 Å². The number of nitrogens with two attached hydrogens (primary N) is 1. The molecule has 0 rings (SSSR count). The van der Waals surface area contributed by atoms with Crippen LogP contribution < -0.4 is 5.73 Å². The number of carbonyl (C=O) groups excluding carboxylic acids is 1. The highest BCUT2D eigenvalue weighted by molar-refractivity contribution is 5.86. The Balaban J connectivity index is 5.08. The molecule has 0 fully saturated rings. The molecule has 0 saturated heterocycles. The van der Waals surface area contributed by atoms with Gasteiger partial charge >= 0.3 is 0 Å². The molecule has 1 amide bonds. The molecule has 0 aliphatic rings. The molecule has 0 heterocycles. The Morgan fingerprint density at radius 1 is 1.00 bits per heavy atom. The van der Waals surface area contributed by atoms with Crippen molar-refractivity contribution in [2.75, 3.05) is 0 Å². The Labute approximate surface area is 136 Å². The van der Waals surface area contributed by atoms with E-state index in [4.69, 9.17) is 5.73 Å². The lowest BCUT2D eigenvalue weighted by molar-refractivity contribution is -0.113. The number of hydrogen-bond acceptors (Lipinski definition) is 1. The van der Waals surface area contributed by atoms with Gasteiger partial charge in [0.05, 0.1) is 0 Å². The first-order valence-corrected chi connectivity index (χ1v) is 7.79. The first-order chi connectivity index (χ1) is 10.1. The van der Waals surface area contributed by atoms with Gasteiger partial charge in [0.25, 0.3) is 0 Å². The number of hydrogen-bond donors (Lipinski definition) is 1. The predicted octanol–water partition coefficient (Wildman–Crippen LogP) is 5.25. The molecule has 2 heteroatoms. The smallest absolute Gasteiger partial charge is 0.241 e. The minimum atomic E-state index is -0.419. The van der Waals surface area contributed by atoms with Gasteiger partial charge < -0.3 is 5.73 Å². The summed E-state index contributed by atoms with van der Waals surface area (Å²) < 4.78 is 0. The van der Waals surface area contributed by atoms with Gasteiger partial charge in [-0.2, -0.15) is 0 Å². The number of amides is 1. The fourth-order valence-corrected chi connectivity index (χ4v) is 2.15. The van der Waals surface area contributed by atoms with Gasteiger partial charge in [0, 0.05) is 6.08 Å². The summed E-state index contributed by atoms with van der Waals surface area (Å²) in [4.78, 5) is 10.8. The van der Waals surface area contributed by atoms with Crippen LogP contribution in [-0.4, -0.2) is 5.91 Å². The largest absolute Gasteiger partial charge is 0.366 e. The van der Waals surface area contributed by atoms with E-state index in [9.17, 15) is 4.79 Å². The maximum Gasteiger partial charge on any atom is 0.241 e. The normalized spacial score (nSPS) is 14.0. The van der Waals surface area contributed by atoms with Gasteiger partial charge in [-0.1, -0.05) is 62.3 Å². The molecule has 0 atom stereocenters. The molecule has 2 N–H and O–H groups in total. The van der Waals surface area contributed by atoms with Crippen molar-refractivity contribution in [1.82, 2.24) is 0 Å². The summed E-state index contributed by atoms with van der Waals surface area (Å²) in [6, 6.07) is 0. The average Bonchev–Trinajstić information content (AvgIpc) is 2.37. The maximum absolute atomic E-state index is 10.8. The Morgan fingerprint density at radius 2 is 1.59 bits per heavy atom. The molecule has 0 aromatic carbocycles. The molecule has 0 aliphatic heterocycles. The zero-order valence-electron chi connectivity index (χ0n) is 15.2. The van der Waals surface area contributed by atoms with Crippen LogP contribution in [0.1, 0.15) is 54.9 Å². The lowest BCUT2D eigenvalue weighted by atomic mass is 9.79. The molecule has 0 bridgehead atoms. The Morgan fingerprint density at radius 3 is 2.05 bits per heavy atom. The van der Waals surface area contributed by atoms with Crippen molar-refractivity contribution in [1.29, 1.82) is 0 Å². The molecule has 2 nitrogen and oxygen atoms in total. The van der Waals surface area contributed by atoms with Crippen LogP contribution in [0.3, 0.4) is 0 Å². The first-order valence-electron chi connectivity index (χ1n) is 7.79. The van der Waals surface area contributed by atoms with Crippen LogP contribution in [0.25, 0.3) is 0 Å². The summed E-state index contributed by atoms with van der Waals surface area (Å²) in [6.07, 6.45) is 12.7. The molecule has 0 spiro atoms. The Kier molecular flexibility index (Phi) is 8.47. The van der Waals surface area contributed by atoms with Crippen LogP contribution in [0, 0.1) is 5.41 Å². The van der Waals surface area contributed by atoms with E-state index in [-0.39, 0.29) is 5.41 Å². The zero-order chi connectivity index (χ0) is 17.3. The van der Waals surface area contributed by atoms with E-state index in [1.54, 1.807) is 0 Å². The molecule has 0 unspecified atom stereocenters. The van der Waals surface area contributed by atoms with E-state index in [2.05, 4.69) is 53.7 Å². The second-order valence-electron chi connectivity index (χ2n) is 6.54. The zero-order valence-corrected chi connectivity index (χ0v) is 15.2. The highest BCUT2D eigenvalue weighted by Gasteiger charge is 2.19.